The quantitative estimate of drug-likeness (QED) is 0.722. The number of nitrogens with two attached hydrogens (primary N) is 1. The lowest BCUT2D eigenvalue weighted by Crippen LogP contribution is -2.43. The minimum absolute atomic E-state index is 0.0869. The van der Waals surface area contributed by atoms with Crippen molar-refractivity contribution in [2.45, 2.75) is 25.4 Å². The molecule has 2 aliphatic rings. The summed E-state index contributed by atoms with van der Waals surface area (Å²) in [7, 11) is -3.46. The fourth-order valence-electron chi connectivity index (χ4n) is 2.50. The Morgan fingerprint density at radius 3 is 2.73 bits per heavy atom. The Bertz CT molecular complexity index is 321. The molecular weight excluding hydrogens is 218 g/mol. The van der Waals surface area contributed by atoms with Gasteiger partial charge in [-0.05, 0) is 19.3 Å². The molecule has 15 heavy (non-hydrogen) atoms. The van der Waals surface area contributed by atoms with Crippen molar-refractivity contribution in [3.8, 4) is 0 Å². The van der Waals surface area contributed by atoms with Crippen LogP contribution in [0.15, 0.2) is 0 Å². The molecule has 2 N–H and O–H groups in total. The fourth-order valence-corrected chi connectivity index (χ4v) is 3.37. The van der Waals surface area contributed by atoms with Gasteiger partial charge in [0.15, 0.2) is 0 Å². The Kier molecular flexibility index (Phi) is 3.03. The normalized spacial score (nSPS) is 37.3. The second kappa shape index (κ2) is 4.01. The van der Waals surface area contributed by atoms with Crippen LogP contribution < -0.4 is 5.14 Å². The first-order chi connectivity index (χ1) is 7.02. The van der Waals surface area contributed by atoms with Gasteiger partial charge in [0.25, 0.3) is 0 Å². The van der Waals surface area contributed by atoms with Crippen molar-refractivity contribution in [2.75, 3.05) is 25.6 Å². The van der Waals surface area contributed by atoms with Crippen molar-refractivity contribution in [1.82, 2.24) is 0 Å². The number of ether oxygens (including phenoxy) is 2. The van der Waals surface area contributed by atoms with Crippen LogP contribution in [0, 0.1) is 5.41 Å². The highest BCUT2D eigenvalue weighted by molar-refractivity contribution is 7.89. The minimum Gasteiger partial charge on any atom is -0.381 e. The van der Waals surface area contributed by atoms with Crippen LogP contribution >= 0.6 is 0 Å². The fraction of sp³-hybridized carbons (Fsp3) is 1.00. The summed E-state index contributed by atoms with van der Waals surface area (Å²) < 4.78 is 33.1. The van der Waals surface area contributed by atoms with Crippen molar-refractivity contribution in [3.05, 3.63) is 0 Å². The minimum atomic E-state index is -3.46. The zero-order chi connectivity index (χ0) is 10.9. The predicted octanol–water partition coefficient (Wildman–Crippen LogP) is -0.139. The molecule has 2 atom stereocenters. The van der Waals surface area contributed by atoms with Crippen LogP contribution in [-0.4, -0.2) is 40.1 Å². The summed E-state index contributed by atoms with van der Waals surface area (Å²) in [6.07, 6.45) is 2.55. The molecule has 0 aromatic carbocycles. The van der Waals surface area contributed by atoms with Crippen LogP contribution in [-0.2, 0) is 19.5 Å². The highest BCUT2D eigenvalue weighted by Gasteiger charge is 2.46. The lowest BCUT2D eigenvalue weighted by atomic mass is 9.77. The highest BCUT2D eigenvalue weighted by atomic mass is 32.2. The van der Waals surface area contributed by atoms with E-state index in [1.165, 1.54) is 0 Å². The SMILES string of the molecule is NS(=O)(=O)CC1OCCC12CCCOC2. The number of sulfonamides is 1. The second-order valence-electron chi connectivity index (χ2n) is 4.46. The molecule has 88 valence electrons. The largest absolute Gasteiger partial charge is 0.381 e. The van der Waals surface area contributed by atoms with Gasteiger partial charge in [0.2, 0.25) is 10.0 Å². The topological polar surface area (TPSA) is 78.6 Å². The molecule has 0 saturated carbocycles. The van der Waals surface area contributed by atoms with E-state index in [0.29, 0.717) is 13.2 Å². The third-order valence-electron chi connectivity index (χ3n) is 3.34. The highest BCUT2D eigenvalue weighted by Crippen LogP contribution is 2.42. The third kappa shape index (κ3) is 2.50. The standard InChI is InChI=1S/C9H17NO4S/c10-15(11,12)6-8-9(3-5-14-8)2-1-4-13-7-9/h8H,1-7H2,(H2,10,11,12). The van der Waals surface area contributed by atoms with Gasteiger partial charge in [-0.25, -0.2) is 13.6 Å². The maximum absolute atomic E-state index is 11.1. The number of hydrogen-bond acceptors (Lipinski definition) is 4. The van der Waals surface area contributed by atoms with Crippen LogP contribution in [0.3, 0.4) is 0 Å². The Hall–Kier alpha value is -0.170. The maximum atomic E-state index is 11.1. The van der Waals surface area contributed by atoms with Gasteiger partial charge in [0.05, 0.1) is 18.5 Å². The van der Waals surface area contributed by atoms with Crippen LogP contribution in [0.5, 0.6) is 0 Å². The maximum Gasteiger partial charge on any atom is 0.211 e. The summed E-state index contributed by atoms with van der Waals surface area (Å²) in [5, 5.41) is 5.06. The van der Waals surface area contributed by atoms with Crippen molar-refractivity contribution < 1.29 is 17.9 Å². The van der Waals surface area contributed by atoms with E-state index in [-0.39, 0.29) is 17.3 Å². The predicted molar refractivity (Wildman–Crippen MR) is 54.8 cm³/mol. The van der Waals surface area contributed by atoms with Gasteiger partial charge in [-0.2, -0.15) is 0 Å². The van der Waals surface area contributed by atoms with Gasteiger partial charge in [0.1, 0.15) is 0 Å². The zero-order valence-corrected chi connectivity index (χ0v) is 9.46. The molecule has 0 bridgehead atoms. The third-order valence-corrected chi connectivity index (χ3v) is 4.11. The molecule has 2 rings (SSSR count). The average Bonchev–Trinajstić information content (AvgIpc) is 2.48. The summed E-state index contributed by atoms with van der Waals surface area (Å²) in [5.74, 6) is -0.0869. The summed E-state index contributed by atoms with van der Waals surface area (Å²) in [6, 6.07) is 0. The summed E-state index contributed by atoms with van der Waals surface area (Å²) in [6.45, 7) is 1.99. The van der Waals surface area contributed by atoms with E-state index in [1.807, 2.05) is 0 Å². The van der Waals surface area contributed by atoms with Gasteiger partial charge >= 0.3 is 0 Å². The van der Waals surface area contributed by atoms with E-state index in [4.69, 9.17) is 14.6 Å². The number of primary sulfonamides is 1. The van der Waals surface area contributed by atoms with Crippen LogP contribution in [0.4, 0.5) is 0 Å². The van der Waals surface area contributed by atoms with Crippen LogP contribution in [0.25, 0.3) is 0 Å². The molecule has 2 aliphatic heterocycles. The van der Waals surface area contributed by atoms with Gasteiger partial charge in [-0.15, -0.1) is 0 Å². The lowest BCUT2D eigenvalue weighted by molar-refractivity contribution is -0.0440. The summed E-state index contributed by atoms with van der Waals surface area (Å²) >= 11 is 0. The van der Waals surface area contributed by atoms with Crippen molar-refractivity contribution in [2.24, 2.45) is 10.6 Å². The lowest BCUT2D eigenvalue weighted by Gasteiger charge is -2.36. The van der Waals surface area contributed by atoms with Gasteiger partial charge in [0, 0.05) is 18.6 Å². The molecular formula is C9H17NO4S. The average molecular weight is 235 g/mol. The first-order valence-corrected chi connectivity index (χ1v) is 6.93. The molecule has 5 nitrogen and oxygen atoms in total. The molecule has 2 heterocycles. The molecule has 2 saturated heterocycles. The molecule has 1 spiro atoms. The molecule has 0 aliphatic carbocycles. The van der Waals surface area contributed by atoms with E-state index in [9.17, 15) is 8.42 Å². The van der Waals surface area contributed by atoms with E-state index in [1.54, 1.807) is 0 Å². The van der Waals surface area contributed by atoms with E-state index >= 15 is 0 Å². The van der Waals surface area contributed by atoms with E-state index in [0.717, 1.165) is 25.9 Å². The van der Waals surface area contributed by atoms with E-state index in [2.05, 4.69) is 0 Å². The molecule has 2 fully saturated rings. The second-order valence-corrected chi connectivity index (χ2v) is 6.12. The smallest absolute Gasteiger partial charge is 0.211 e. The zero-order valence-electron chi connectivity index (χ0n) is 8.65. The van der Waals surface area contributed by atoms with Crippen LogP contribution in [0.1, 0.15) is 19.3 Å². The molecule has 6 heteroatoms. The van der Waals surface area contributed by atoms with Crippen molar-refractivity contribution in [3.63, 3.8) is 0 Å². The monoisotopic (exact) mass is 235 g/mol. The van der Waals surface area contributed by atoms with Crippen molar-refractivity contribution >= 4 is 10.0 Å². The Labute approximate surface area is 90.0 Å². The van der Waals surface area contributed by atoms with Gasteiger partial charge < -0.3 is 9.47 Å². The summed E-state index contributed by atoms with van der Waals surface area (Å²) in [4.78, 5) is 0. The van der Waals surface area contributed by atoms with Gasteiger partial charge in [-0.1, -0.05) is 0 Å². The molecule has 0 aromatic heterocycles. The molecule has 0 radical (unpaired) electrons. The molecule has 0 aromatic rings. The number of hydrogen-bond donors (Lipinski definition) is 1. The number of rotatable bonds is 2. The summed E-state index contributed by atoms with van der Waals surface area (Å²) in [5.41, 5.74) is -0.106. The Balaban J connectivity index is 2.10. The Morgan fingerprint density at radius 1 is 1.33 bits per heavy atom. The Morgan fingerprint density at radius 2 is 2.13 bits per heavy atom. The molecule has 2 unspecified atom stereocenters. The van der Waals surface area contributed by atoms with Gasteiger partial charge in [-0.3, -0.25) is 0 Å². The first-order valence-electron chi connectivity index (χ1n) is 5.22. The van der Waals surface area contributed by atoms with Crippen molar-refractivity contribution in [1.29, 1.82) is 0 Å². The first kappa shape index (κ1) is 11.3. The molecule has 0 amide bonds. The van der Waals surface area contributed by atoms with Crippen LogP contribution in [0.2, 0.25) is 0 Å². The van der Waals surface area contributed by atoms with E-state index < -0.39 is 10.0 Å².